The summed E-state index contributed by atoms with van der Waals surface area (Å²) in [4.78, 5) is 12.5. The lowest BCUT2D eigenvalue weighted by Crippen LogP contribution is -2.27. The van der Waals surface area contributed by atoms with Gasteiger partial charge in [-0.15, -0.1) is 0 Å². The highest BCUT2D eigenvalue weighted by Crippen LogP contribution is 2.30. The second kappa shape index (κ2) is 7.15. The number of fused-ring (bicyclic) bond motifs is 1. The molecule has 0 saturated carbocycles. The number of carbonyl (C=O) groups excluding carboxylic acids is 1. The first-order valence-corrected chi connectivity index (χ1v) is 8.16. The van der Waals surface area contributed by atoms with E-state index in [1.165, 1.54) is 0 Å². The summed E-state index contributed by atoms with van der Waals surface area (Å²) in [5.41, 5.74) is 4.49. The summed E-state index contributed by atoms with van der Waals surface area (Å²) >= 11 is 0. The second-order valence-electron chi connectivity index (χ2n) is 6.19. The minimum absolute atomic E-state index is 0.0638. The number of carbonyl (C=O) groups is 1. The van der Waals surface area contributed by atoms with E-state index >= 15 is 0 Å². The SMILES string of the molecule is COCc1ccc(CNC(=O)c2n[nH]c3c2C[C@H](C)O[C@@H]3C)cc1. The van der Waals surface area contributed by atoms with Crippen molar-refractivity contribution >= 4 is 5.91 Å². The third-order valence-corrected chi connectivity index (χ3v) is 4.24. The Hall–Kier alpha value is -2.18. The summed E-state index contributed by atoms with van der Waals surface area (Å²) < 4.78 is 10.8. The van der Waals surface area contributed by atoms with E-state index in [4.69, 9.17) is 9.47 Å². The first kappa shape index (κ1) is 16.7. The zero-order chi connectivity index (χ0) is 17.1. The summed E-state index contributed by atoms with van der Waals surface area (Å²) in [7, 11) is 1.67. The molecule has 0 radical (unpaired) electrons. The van der Waals surface area contributed by atoms with Gasteiger partial charge >= 0.3 is 0 Å². The zero-order valence-electron chi connectivity index (χ0n) is 14.3. The lowest BCUT2D eigenvalue weighted by Gasteiger charge is -2.25. The predicted octanol–water partition coefficient (Wildman–Crippen LogP) is 2.51. The van der Waals surface area contributed by atoms with Crippen molar-refractivity contribution in [1.29, 1.82) is 0 Å². The Morgan fingerprint density at radius 3 is 2.75 bits per heavy atom. The van der Waals surface area contributed by atoms with Crippen LogP contribution in [0.2, 0.25) is 0 Å². The van der Waals surface area contributed by atoms with Crippen molar-refractivity contribution < 1.29 is 14.3 Å². The van der Waals surface area contributed by atoms with Crippen LogP contribution in [-0.4, -0.2) is 29.3 Å². The maximum Gasteiger partial charge on any atom is 0.272 e. The van der Waals surface area contributed by atoms with Gasteiger partial charge in [-0.3, -0.25) is 9.89 Å². The molecule has 2 N–H and O–H groups in total. The molecule has 2 aromatic rings. The van der Waals surface area contributed by atoms with Gasteiger partial charge in [-0.25, -0.2) is 0 Å². The van der Waals surface area contributed by atoms with E-state index in [1.807, 2.05) is 38.1 Å². The van der Waals surface area contributed by atoms with Crippen LogP contribution < -0.4 is 5.32 Å². The molecule has 0 fully saturated rings. The van der Waals surface area contributed by atoms with Crippen LogP contribution in [0.15, 0.2) is 24.3 Å². The van der Waals surface area contributed by atoms with Gasteiger partial charge in [0, 0.05) is 25.6 Å². The number of ether oxygens (including phenoxy) is 2. The molecule has 1 aliphatic heterocycles. The van der Waals surface area contributed by atoms with Crippen LogP contribution in [0.3, 0.4) is 0 Å². The Morgan fingerprint density at radius 1 is 1.33 bits per heavy atom. The zero-order valence-corrected chi connectivity index (χ0v) is 14.3. The minimum atomic E-state index is -0.158. The third kappa shape index (κ3) is 3.49. The lowest BCUT2D eigenvalue weighted by molar-refractivity contribution is -0.00697. The summed E-state index contributed by atoms with van der Waals surface area (Å²) in [6.45, 7) is 5.03. The molecule has 24 heavy (non-hydrogen) atoms. The van der Waals surface area contributed by atoms with Gasteiger partial charge in [-0.2, -0.15) is 5.10 Å². The molecule has 6 heteroatoms. The summed E-state index contributed by atoms with van der Waals surface area (Å²) in [5, 5.41) is 10.1. The fraction of sp³-hybridized carbons (Fsp3) is 0.444. The van der Waals surface area contributed by atoms with E-state index in [1.54, 1.807) is 7.11 Å². The van der Waals surface area contributed by atoms with Crippen molar-refractivity contribution in [3.8, 4) is 0 Å². The van der Waals surface area contributed by atoms with E-state index in [0.29, 0.717) is 25.3 Å². The number of H-pyrrole nitrogens is 1. The number of nitrogens with one attached hydrogen (secondary N) is 2. The Morgan fingerprint density at radius 2 is 2.04 bits per heavy atom. The Labute approximate surface area is 141 Å². The van der Waals surface area contributed by atoms with Crippen molar-refractivity contribution in [3.63, 3.8) is 0 Å². The molecule has 1 aromatic carbocycles. The standard InChI is InChI=1S/C18H23N3O3/c1-11-8-15-16(12(2)24-11)20-21-17(15)18(22)19-9-13-4-6-14(7-5-13)10-23-3/h4-7,11-12H,8-10H2,1-3H3,(H,19,22)(H,20,21)/t11-,12+/m0/s1. The molecule has 0 unspecified atom stereocenters. The van der Waals surface area contributed by atoms with Crippen LogP contribution in [0.1, 0.15) is 52.8 Å². The van der Waals surface area contributed by atoms with Gasteiger partial charge in [0.05, 0.1) is 24.5 Å². The summed E-state index contributed by atoms with van der Waals surface area (Å²) in [5.74, 6) is -0.158. The van der Waals surface area contributed by atoms with Gasteiger partial charge in [0.2, 0.25) is 0 Å². The van der Waals surface area contributed by atoms with Crippen LogP contribution >= 0.6 is 0 Å². The summed E-state index contributed by atoms with van der Waals surface area (Å²) in [6.07, 6.45) is 0.723. The van der Waals surface area contributed by atoms with Crippen molar-refractivity contribution in [2.45, 2.75) is 45.6 Å². The van der Waals surface area contributed by atoms with Crippen LogP contribution in [-0.2, 0) is 29.0 Å². The molecule has 128 valence electrons. The largest absolute Gasteiger partial charge is 0.380 e. The van der Waals surface area contributed by atoms with Gasteiger partial charge in [0.15, 0.2) is 5.69 Å². The molecule has 0 spiro atoms. The van der Waals surface area contributed by atoms with Crippen molar-refractivity contribution in [3.05, 3.63) is 52.3 Å². The summed E-state index contributed by atoms with van der Waals surface area (Å²) in [6, 6.07) is 7.99. The van der Waals surface area contributed by atoms with Crippen LogP contribution in [0.4, 0.5) is 0 Å². The van der Waals surface area contributed by atoms with Crippen molar-refractivity contribution in [2.24, 2.45) is 0 Å². The Balaban J connectivity index is 1.65. The maximum atomic E-state index is 12.5. The van der Waals surface area contributed by atoms with Gasteiger partial charge in [-0.1, -0.05) is 24.3 Å². The molecule has 1 aromatic heterocycles. The monoisotopic (exact) mass is 329 g/mol. The molecule has 0 bridgehead atoms. The second-order valence-corrected chi connectivity index (χ2v) is 6.19. The molecular weight excluding hydrogens is 306 g/mol. The van der Waals surface area contributed by atoms with Crippen LogP contribution in [0.5, 0.6) is 0 Å². The Kier molecular flexibility index (Phi) is 4.97. The number of rotatable bonds is 5. The van der Waals surface area contributed by atoms with E-state index in [0.717, 1.165) is 22.4 Å². The van der Waals surface area contributed by atoms with Gasteiger partial charge in [0.25, 0.3) is 5.91 Å². The predicted molar refractivity (Wildman–Crippen MR) is 89.6 cm³/mol. The number of methoxy groups -OCH3 is 1. The quantitative estimate of drug-likeness (QED) is 0.884. The smallest absolute Gasteiger partial charge is 0.272 e. The highest BCUT2D eigenvalue weighted by Gasteiger charge is 2.29. The molecule has 3 rings (SSSR count). The number of aromatic nitrogens is 2. The van der Waals surface area contributed by atoms with Gasteiger partial charge in [-0.05, 0) is 25.0 Å². The topological polar surface area (TPSA) is 76.2 Å². The Bertz CT molecular complexity index is 709. The molecule has 2 heterocycles. The first-order chi connectivity index (χ1) is 11.6. The van der Waals surface area contributed by atoms with Crippen LogP contribution in [0.25, 0.3) is 0 Å². The molecule has 6 nitrogen and oxygen atoms in total. The van der Waals surface area contributed by atoms with E-state index in [9.17, 15) is 4.79 Å². The number of aromatic amines is 1. The minimum Gasteiger partial charge on any atom is -0.380 e. The molecular formula is C18H23N3O3. The fourth-order valence-electron chi connectivity index (χ4n) is 3.05. The fourth-order valence-corrected chi connectivity index (χ4v) is 3.05. The van der Waals surface area contributed by atoms with Crippen molar-refractivity contribution in [1.82, 2.24) is 15.5 Å². The number of benzene rings is 1. The average Bonchev–Trinajstić information content (AvgIpc) is 2.98. The number of hydrogen-bond donors (Lipinski definition) is 2. The number of hydrogen-bond acceptors (Lipinski definition) is 4. The number of amides is 1. The number of nitrogens with zero attached hydrogens (tertiary/aromatic N) is 1. The molecule has 0 saturated heterocycles. The average molecular weight is 329 g/mol. The van der Waals surface area contributed by atoms with E-state index < -0.39 is 0 Å². The van der Waals surface area contributed by atoms with Crippen LogP contribution in [0, 0.1) is 0 Å². The lowest BCUT2D eigenvalue weighted by atomic mass is 9.99. The van der Waals surface area contributed by atoms with E-state index in [2.05, 4.69) is 15.5 Å². The first-order valence-electron chi connectivity index (χ1n) is 8.16. The normalized spacial score (nSPS) is 19.8. The van der Waals surface area contributed by atoms with Crippen molar-refractivity contribution in [2.75, 3.05) is 7.11 Å². The molecule has 1 aliphatic rings. The molecule has 0 aliphatic carbocycles. The third-order valence-electron chi connectivity index (χ3n) is 4.24. The van der Waals surface area contributed by atoms with Gasteiger partial charge < -0.3 is 14.8 Å². The van der Waals surface area contributed by atoms with E-state index in [-0.39, 0.29) is 18.1 Å². The molecule has 1 amide bonds. The highest BCUT2D eigenvalue weighted by atomic mass is 16.5. The van der Waals surface area contributed by atoms with Gasteiger partial charge in [0.1, 0.15) is 0 Å². The molecule has 2 atom stereocenters. The maximum absolute atomic E-state index is 12.5. The highest BCUT2D eigenvalue weighted by molar-refractivity contribution is 5.94.